The van der Waals surface area contributed by atoms with Crippen molar-refractivity contribution < 1.29 is 0 Å². The second kappa shape index (κ2) is 105. The van der Waals surface area contributed by atoms with Crippen molar-refractivity contribution in [1.29, 1.82) is 0 Å². The van der Waals surface area contributed by atoms with Crippen molar-refractivity contribution in [3.63, 3.8) is 0 Å². The largest absolute Gasteiger partial charge is 0.0533 e. The molecule has 0 saturated heterocycles. The first-order valence-corrected chi connectivity index (χ1v) is 55.0. The van der Waals surface area contributed by atoms with Crippen molar-refractivity contribution in [3.05, 3.63) is 0 Å². The number of rotatable bonds is 0. The summed E-state index contributed by atoms with van der Waals surface area (Å²) in [6.45, 7) is 0. The van der Waals surface area contributed by atoms with Crippen molar-refractivity contribution in [3.8, 4) is 0 Å². The summed E-state index contributed by atoms with van der Waals surface area (Å²) < 4.78 is 0. The predicted molar refractivity (Wildman–Crippen MR) is 508 cm³/mol. The normalized spacial score (nSPS) is 24.0. The summed E-state index contributed by atoms with van der Waals surface area (Å²) in [6.07, 6.45) is 165. The minimum atomic E-state index is 1.50. The third kappa shape index (κ3) is 102. The predicted octanol–water partition coefficient (Wildman–Crippen LogP) is 42.9. The monoisotopic (exact) mass is 1540 g/mol. The van der Waals surface area contributed by atoms with Gasteiger partial charge in [0.15, 0.2) is 0 Å². The van der Waals surface area contributed by atoms with Gasteiger partial charge in [-0.15, -0.1) is 0 Å². The Labute approximate surface area is 702 Å². The van der Waals surface area contributed by atoms with Crippen molar-refractivity contribution in [2.75, 3.05) is 0 Å². The SMILES string of the molecule is C1CCC1.C1CCC1.C1CCC1.C1CCCCCCC1.C1CCCCCCCCCCCCCCCCCCCCC1.C1CCCCCCCCCCCCCCCCCCCCCCCCC1.C1CCCCCCCCCCCCCCCCCCCCCCCCCCCCCCCCCCCCCCCCC1. The fourth-order valence-corrected chi connectivity index (χ4v) is 18.1. The zero-order valence-corrected chi connectivity index (χ0v) is 77.8. The van der Waals surface area contributed by atoms with E-state index in [9.17, 15) is 0 Å². The fourth-order valence-electron chi connectivity index (χ4n) is 18.1. The van der Waals surface area contributed by atoms with Crippen LogP contribution in [0, 0.1) is 0 Å². The Kier molecular flexibility index (Phi) is 103. The first kappa shape index (κ1) is 108. The van der Waals surface area contributed by atoms with Gasteiger partial charge in [-0.3, -0.25) is 0 Å². The van der Waals surface area contributed by atoms with Gasteiger partial charge in [0, 0.05) is 0 Å². The highest BCUT2D eigenvalue weighted by Gasteiger charge is 2.05. The average molecular weight is 1540 g/mol. The van der Waals surface area contributed by atoms with Crippen molar-refractivity contribution in [2.24, 2.45) is 0 Å². The highest BCUT2D eigenvalue weighted by molar-refractivity contribution is 4.61. The van der Waals surface area contributed by atoms with Crippen molar-refractivity contribution in [1.82, 2.24) is 0 Å². The minimum absolute atomic E-state index is 1.50. The van der Waals surface area contributed by atoms with Gasteiger partial charge >= 0.3 is 0 Å². The molecule has 0 nitrogen and oxygen atoms in total. The molecule has 7 aliphatic carbocycles. The lowest BCUT2D eigenvalue weighted by atomic mass is 10.0. The third-order valence-corrected chi connectivity index (χ3v) is 27.5. The van der Waals surface area contributed by atoms with E-state index in [-0.39, 0.29) is 0 Å². The van der Waals surface area contributed by atoms with Gasteiger partial charge < -0.3 is 0 Å². The van der Waals surface area contributed by atoms with Gasteiger partial charge in [-0.25, -0.2) is 0 Å². The lowest BCUT2D eigenvalue weighted by Crippen LogP contribution is -1.85. The molecule has 7 fully saturated rings. The van der Waals surface area contributed by atoms with Crippen LogP contribution in [0.2, 0.25) is 0 Å². The van der Waals surface area contributed by atoms with Crippen molar-refractivity contribution in [2.45, 2.75) is 706 Å². The molecule has 0 amide bonds. The summed E-state index contributed by atoms with van der Waals surface area (Å²) in [5.74, 6) is 0. The Balaban J connectivity index is 0.000000753. The van der Waals surface area contributed by atoms with Crippen molar-refractivity contribution >= 4 is 0 Å². The standard InChI is InChI=1S/C42H84.C26H52.C22H44.C8H16.3C4H8/c1-2-4-6-8-10-12-14-16-18-20-22-24-26-28-30-32-34-36-38-40-42-41-39-37-35-33-31-29-27-25-23-21-19-17-15-13-11-9-7-5-3-1;1-2-4-6-8-10-12-14-16-18-20-22-24-26-25-23-21-19-17-15-13-11-9-7-5-3-1;1-2-4-6-8-10-12-14-16-18-20-22-21-19-17-15-13-11-9-7-5-3-1;1-2-4-6-8-7-5-3-1;3*1-2-4-3-1/h1-42H2;1-26H2;1-22H2;1-8H2;3*1-4H2. The van der Waals surface area contributed by atoms with Crippen LogP contribution in [-0.2, 0) is 0 Å². The summed E-state index contributed by atoms with van der Waals surface area (Å²) >= 11 is 0. The summed E-state index contributed by atoms with van der Waals surface area (Å²) in [6, 6.07) is 0. The van der Waals surface area contributed by atoms with E-state index in [0.29, 0.717) is 0 Å². The molecule has 0 aromatic carbocycles. The van der Waals surface area contributed by atoms with E-state index in [2.05, 4.69) is 0 Å². The van der Waals surface area contributed by atoms with Crippen LogP contribution in [0.15, 0.2) is 0 Å². The molecule has 110 heavy (non-hydrogen) atoms. The van der Waals surface area contributed by atoms with E-state index >= 15 is 0 Å². The highest BCUT2D eigenvalue weighted by atomic mass is 14.1. The lowest BCUT2D eigenvalue weighted by molar-refractivity contribution is 0.504. The molecule has 0 unspecified atom stereocenters. The number of hydrogen-bond acceptors (Lipinski definition) is 0. The maximum Gasteiger partial charge on any atom is -0.0533 e. The number of hydrogen-bond donors (Lipinski definition) is 0. The molecular weight excluding hydrogens is 1320 g/mol. The van der Waals surface area contributed by atoms with E-state index in [1.54, 1.807) is 0 Å². The average Bonchev–Trinajstić information content (AvgIpc) is 2.73. The van der Waals surface area contributed by atoms with Gasteiger partial charge in [0.05, 0.1) is 0 Å². The summed E-state index contributed by atoms with van der Waals surface area (Å²) in [5.41, 5.74) is 0. The summed E-state index contributed by atoms with van der Waals surface area (Å²) in [7, 11) is 0. The smallest absolute Gasteiger partial charge is 0.0533 e. The second-order valence-corrected chi connectivity index (χ2v) is 38.9. The maximum atomic E-state index is 1.50. The minimum Gasteiger partial charge on any atom is -0.0533 e. The Morgan fingerprint density at radius 2 is 0.0273 bits per heavy atom. The van der Waals surface area contributed by atoms with Crippen LogP contribution in [0.1, 0.15) is 706 Å². The molecule has 0 N–H and O–H groups in total. The van der Waals surface area contributed by atoms with Gasteiger partial charge in [-0.2, -0.15) is 0 Å². The zero-order chi connectivity index (χ0) is 77.8. The van der Waals surface area contributed by atoms with Crippen LogP contribution in [0.5, 0.6) is 0 Å². The van der Waals surface area contributed by atoms with Gasteiger partial charge in [-0.05, 0) is 0 Å². The molecule has 0 spiro atoms. The molecule has 0 heterocycles. The summed E-state index contributed by atoms with van der Waals surface area (Å²) in [5, 5.41) is 0. The van der Waals surface area contributed by atoms with E-state index in [1.165, 1.54) is 706 Å². The van der Waals surface area contributed by atoms with Crippen LogP contribution in [0.3, 0.4) is 0 Å². The summed E-state index contributed by atoms with van der Waals surface area (Å²) in [4.78, 5) is 0. The molecule has 0 radical (unpaired) electrons. The zero-order valence-electron chi connectivity index (χ0n) is 77.8. The topological polar surface area (TPSA) is 0 Å². The van der Waals surface area contributed by atoms with E-state index in [0.717, 1.165) is 0 Å². The molecule has 0 heteroatoms. The maximum absolute atomic E-state index is 1.50. The fraction of sp³-hybridized carbons (Fsp3) is 1.00. The van der Waals surface area contributed by atoms with Crippen LogP contribution in [-0.4, -0.2) is 0 Å². The van der Waals surface area contributed by atoms with E-state index in [4.69, 9.17) is 0 Å². The Hall–Kier alpha value is 0. The highest BCUT2D eigenvalue weighted by Crippen LogP contribution is 2.25. The molecule has 7 rings (SSSR count). The molecule has 0 bridgehead atoms. The quantitative estimate of drug-likeness (QED) is 0.227. The third-order valence-electron chi connectivity index (χ3n) is 27.5. The van der Waals surface area contributed by atoms with Crippen LogP contribution in [0.4, 0.5) is 0 Å². The lowest BCUT2D eigenvalue weighted by Gasteiger charge is -2.05. The van der Waals surface area contributed by atoms with E-state index < -0.39 is 0 Å². The van der Waals surface area contributed by atoms with Crippen LogP contribution in [0.25, 0.3) is 0 Å². The molecular formula is C110H220. The molecule has 7 aliphatic rings. The van der Waals surface area contributed by atoms with Gasteiger partial charge in [0.2, 0.25) is 0 Å². The van der Waals surface area contributed by atoms with Gasteiger partial charge in [0.1, 0.15) is 0 Å². The van der Waals surface area contributed by atoms with Crippen LogP contribution < -0.4 is 0 Å². The molecule has 660 valence electrons. The Morgan fingerprint density at radius 3 is 0.0364 bits per heavy atom. The van der Waals surface area contributed by atoms with E-state index in [1.807, 2.05) is 0 Å². The molecule has 0 aliphatic heterocycles. The van der Waals surface area contributed by atoms with Gasteiger partial charge in [0.25, 0.3) is 0 Å². The Bertz CT molecular complexity index is 978. The first-order valence-electron chi connectivity index (χ1n) is 55.0. The Morgan fingerprint density at radius 1 is 0.0182 bits per heavy atom. The second-order valence-electron chi connectivity index (χ2n) is 38.9. The van der Waals surface area contributed by atoms with Gasteiger partial charge in [-0.1, -0.05) is 706 Å². The molecule has 0 aromatic heterocycles. The molecule has 0 aromatic rings. The molecule has 7 saturated carbocycles. The first-order chi connectivity index (χ1) is 55.0. The molecule has 0 atom stereocenters. The van der Waals surface area contributed by atoms with Crippen LogP contribution >= 0.6 is 0 Å².